The summed E-state index contributed by atoms with van der Waals surface area (Å²) in [7, 11) is -3.47. The van der Waals surface area contributed by atoms with Crippen LogP contribution in [0.3, 0.4) is 0 Å². The molecule has 0 radical (unpaired) electrons. The summed E-state index contributed by atoms with van der Waals surface area (Å²) < 4.78 is 27.1. The van der Waals surface area contributed by atoms with E-state index in [0.29, 0.717) is 12.1 Å². The number of rotatable bonds is 2. The molecule has 1 saturated heterocycles. The zero-order valence-electron chi connectivity index (χ0n) is 11.6. The Bertz CT molecular complexity index is 630. The molecule has 1 amide bonds. The van der Waals surface area contributed by atoms with Crippen molar-refractivity contribution in [3.05, 3.63) is 23.9 Å². The van der Waals surface area contributed by atoms with Crippen LogP contribution in [0.4, 0.5) is 0 Å². The zero-order valence-corrected chi connectivity index (χ0v) is 12.4. The number of piperidine rings is 1. The van der Waals surface area contributed by atoms with Gasteiger partial charge in [0.25, 0.3) is 15.9 Å². The van der Waals surface area contributed by atoms with E-state index in [1.54, 1.807) is 23.3 Å². The van der Waals surface area contributed by atoms with Crippen LogP contribution in [0.1, 0.15) is 12.8 Å². The first kappa shape index (κ1) is 14.3. The van der Waals surface area contributed by atoms with Crippen molar-refractivity contribution in [3.8, 4) is 0 Å². The van der Waals surface area contributed by atoms with Gasteiger partial charge in [0, 0.05) is 25.3 Å². The average Bonchev–Trinajstić information content (AvgIpc) is 2.46. The quantitative estimate of drug-likeness (QED) is 0.707. The molecule has 8 heteroatoms. The number of sulfonamides is 1. The molecule has 2 N–H and O–H groups in total. The molecule has 0 spiro atoms. The van der Waals surface area contributed by atoms with Gasteiger partial charge in [0.05, 0.1) is 11.3 Å². The Balaban J connectivity index is 1.79. The number of fused-ring (bicyclic) bond motifs is 1. The van der Waals surface area contributed by atoms with Gasteiger partial charge in [-0.25, -0.2) is 8.42 Å². The summed E-state index contributed by atoms with van der Waals surface area (Å²) >= 11 is 0. The van der Waals surface area contributed by atoms with Crippen molar-refractivity contribution in [2.24, 2.45) is 4.40 Å². The highest BCUT2D eigenvalue weighted by atomic mass is 32.2. The van der Waals surface area contributed by atoms with E-state index in [2.05, 4.69) is 15.0 Å². The summed E-state index contributed by atoms with van der Waals surface area (Å²) in [5.74, 6) is -0.0682. The minimum absolute atomic E-state index is 0.0255. The normalized spacial score (nSPS) is 27.4. The number of hydrogen-bond acceptors (Lipinski definition) is 5. The summed E-state index contributed by atoms with van der Waals surface area (Å²) in [6.07, 6.45) is 7.04. The van der Waals surface area contributed by atoms with Gasteiger partial charge < -0.3 is 15.5 Å². The second kappa shape index (κ2) is 5.61. The first-order valence-electron chi connectivity index (χ1n) is 7.05. The van der Waals surface area contributed by atoms with Crippen molar-refractivity contribution in [1.29, 1.82) is 0 Å². The second-order valence-electron chi connectivity index (χ2n) is 5.33. The van der Waals surface area contributed by atoms with Gasteiger partial charge in [-0.05, 0) is 31.5 Å². The molecule has 3 aliphatic rings. The minimum Gasteiger partial charge on any atom is -0.348 e. The van der Waals surface area contributed by atoms with Crippen molar-refractivity contribution in [2.75, 3.05) is 25.4 Å². The lowest BCUT2D eigenvalue weighted by Gasteiger charge is -2.30. The van der Waals surface area contributed by atoms with Crippen LogP contribution in [-0.4, -0.2) is 56.5 Å². The predicted molar refractivity (Wildman–Crippen MR) is 79.2 cm³/mol. The second-order valence-corrected chi connectivity index (χ2v) is 7.09. The smallest absolute Gasteiger partial charge is 0.256 e. The van der Waals surface area contributed by atoms with Gasteiger partial charge >= 0.3 is 0 Å². The van der Waals surface area contributed by atoms with Crippen molar-refractivity contribution >= 4 is 21.8 Å². The van der Waals surface area contributed by atoms with E-state index in [0.717, 1.165) is 25.9 Å². The molecule has 21 heavy (non-hydrogen) atoms. The number of amides is 1. The number of allylic oxidation sites excluding steroid dienone is 2. The molecule has 114 valence electrons. The van der Waals surface area contributed by atoms with Gasteiger partial charge in [-0.2, -0.15) is 0 Å². The van der Waals surface area contributed by atoms with Gasteiger partial charge in [0.1, 0.15) is 0 Å². The summed E-state index contributed by atoms with van der Waals surface area (Å²) in [6, 6.07) is 0.0762. The van der Waals surface area contributed by atoms with Gasteiger partial charge in [-0.1, -0.05) is 0 Å². The molecular weight excluding hydrogens is 292 g/mol. The fraction of sp³-hybridized carbons (Fsp3) is 0.538. The Morgan fingerprint density at radius 1 is 1.48 bits per heavy atom. The highest BCUT2D eigenvalue weighted by molar-refractivity contribution is 7.90. The summed E-state index contributed by atoms with van der Waals surface area (Å²) in [6.45, 7) is 2.03. The molecule has 0 aromatic rings. The van der Waals surface area contributed by atoms with E-state index in [1.165, 1.54) is 0 Å². The van der Waals surface area contributed by atoms with Crippen LogP contribution in [0.15, 0.2) is 28.3 Å². The van der Waals surface area contributed by atoms with E-state index in [9.17, 15) is 13.2 Å². The molecule has 0 bridgehead atoms. The molecule has 1 fully saturated rings. The van der Waals surface area contributed by atoms with E-state index in [-0.39, 0.29) is 23.5 Å². The topological polar surface area (TPSA) is 90.9 Å². The Morgan fingerprint density at radius 3 is 3.10 bits per heavy atom. The molecule has 3 aliphatic heterocycles. The molecule has 0 aliphatic carbocycles. The first-order chi connectivity index (χ1) is 10.1. The number of amidine groups is 1. The van der Waals surface area contributed by atoms with E-state index < -0.39 is 10.0 Å². The molecule has 3 rings (SSSR count). The van der Waals surface area contributed by atoms with Crippen LogP contribution in [0.5, 0.6) is 0 Å². The van der Waals surface area contributed by atoms with Gasteiger partial charge in [0.15, 0.2) is 5.84 Å². The number of carbonyl (C=O) groups is 1. The highest BCUT2D eigenvalue weighted by Crippen LogP contribution is 2.18. The van der Waals surface area contributed by atoms with E-state index >= 15 is 0 Å². The summed E-state index contributed by atoms with van der Waals surface area (Å²) in [4.78, 5) is 14.1. The Hall–Kier alpha value is -1.67. The Kier molecular flexibility index (Phi) is 3.81. The van der Waals surface area contributed by atoms with Crippen LogP contribution >= 0.6 is 0 Å². The average molecular weight is 310 g/mol. The molecule has 3 heterocycles. The molecule has 0 aromatic heterocycles. The molecule has 0 unspecified atom stereocenters. The van der Waals surface area contributed by atoms with Crippen molar-refractivity contribution < 1.29 is 13.2 Å². The van der Waals surface area contributed by atoms with Gasteiger partial charge in [-0.15, -0.1) is 4.40 Å². The lowest BCUT2D eigenvalue weighted by molar-refractivity contribution is -0.117. The summed E-state index contributed by atoms with van der Waals surface area (Å²) in [5.41, 5.74) is 0.311. The zero-order chi connectivity index (χ0) is 14.9. The van der Waals surface area contributed by atoms with Gasteiger partial charge in [-0.3, -0.25) is 4.79 Å². The highest BCUT2D eigenvalue weighted by Gasteiger charge is 2.30. The standard InChI is InChI=1S/C13H18N4O3S/c18-13(15-10-3-1-5-14-9-10)11-4-2-6-17-7-8-21(19,20)16-12(11)17/h2,4,6,10,14H,1,3,5,7-9H2,(H,15,18)/t10-/m0/s1. The largest absolute Gasteiger partial charge is 0.348 e. The number of hydrogen-bond donors (Lipinski definition) is 2. The SMILES string of the molecule is O=C(N[C@H]1CCCNC1)C1=CC=CN2CCS(=O)(=O)N=C12. The van der Waals surface area contributed by atoms with E-state index in [4.69, 9.17) is 0 Å². The van der Waals surface area contributed by atoms with Crippen molar-refractivity contribution in [1.82, 2.24) is 15.5 Å². The molecule has 0 aromatic carbocycles. The maximum atomic E-state index is 12.4. The molecule has 0 saturated carbocycles. The predicted octanol–water partition coefficient (Wildman–Crippen LogP) is -0.648. The Morgan fingerprint density at radius 2 is 2.33 bits per heavy atom. The fourth-order valence-electron chi connectivity index (χ4n) is 2.63. The first-order valence-corrected chi connectivity index (χ1v) is 8.66. The number of nitrogens with one attached hydrogen (secondary N) is 2. The Labute approximate surface area is 123 Å². The summed E-state index contributed by atoms with van der Waals surface area (Å²) in [5, 5.41) is 6.17. The number of nitrogens with zero attached hydrogens (tertiary/aromatic N) is 2. The minimum atomic E-state index is -3.47. The van der Waals surface area contributed by atoms with Crippen LogP contribution in [0.2, 0.25) is 0 Å². The lowest BCUT2D eigenvalue weighted by Crippen LogP contribution is -2.48. The monoisotopic (exact) mass is 310 g/mol. The maximum absolute atomic E-state index is 12.4. The van der Waals surface area contributed by atoms with Gasteiger partial charge in [0.2, 0.25) is 0 Å². The number of carbonyl (C=O) groups excluding carboxylic acids is 1. The van der Waals surface area contributed by atoms with Crippen LogP contribution in [0, 0.1) is 0 Å². The van der Waals surface area contributed by atoms with Crippen LogP contribution < -0.4 is 10.6 Å². The maximum Gasteiger partial charge on any atom is 0.256 e. The van der Waals surface area contributed by atoms with Crippen LogP contribution in [0.25, 0.3) is 0 Å². The third-order valence-corrected chi connectivity index (χ3v) is 4.88. The third-order valence-electron chi connectivity index (χ3n) is 3.73. The molecular formula is C13H18N4O3S. The van der Waals surface area contributed by atoms with Crippen molar-refractivity contribution in [3.63, 3.8) is 0 Å². The lowest BCUT2D eigenvalue weighted by atomic mass is 10.1. The van der Waals surface area contributed by atoms with Crippen molar-refractivity contribution in [2.45, 2.75) is 18.9 Å². The third kappa shape index (κ3) is 3.16. The molecule has 1 atom stereocenters. The fourth-order valence-corrected chi connectivity index (χ4v) is 3.62. The molecule has 7 nitrogen and oxygen atoms in total. The van der Waals surface area contributed by atoms with Crippen LogP contribution in [-0.2, 0) is 14.8 Å². The van der Waals surface area contributed by atoms with E-state index in [1.807, 2.05) is 0 Å².